The van der Waals surface area contributed by atoms with Crippen LogP contribution >= 0.6 is 0 Å². The van der Waals surface area contributed by atoms with E-state index in [0.29, 0.717) is 24.3 Å². The number of nitrogens with zero attached hydrogens (tertiary/aromatic N) is 1. The van der Waals surface area contributed by atoms with Crippen molar-refractivity contribution in [3.05, 3.63) is 75.6 Å². The van der Waals surface area contributed by atoms with E-state index in [2.05, 4.69) is 4.98 Å². The van der Waals surface area contributed by atoms with Gasteiger partial charge in [-0.15, -0.1) is 0 Å². The van der Waals surface area contributed by atoms with Crippen molar-refractivity contribution in [1.29, 1.82) is 0 Å². The fourth-order valence-electron chi connectivity index (χ4n) is 3.48. The lowest BCUT2D eigenvalue weighted by Crippen LogP contribution is -2.34. The second kappa shape index (κ2) is 7.50. The van der Waals surface area contributed by atoms with Crippen molar-refractivity contribution in [2.45, 2.75) is 39.3 Å². The normalized spacial score (nSPS) is 13.5. The van der Waals surface area contributed by atoms with Crippen molar-refractivity contribution in [3.8, 4) is 5.75 Å². The predicted octanol–water partition coefficient (Wildman–Crippen LogP) is 4.04. The molecule has 0 atom stereocenters. The first-order chi connectivity index (χ1) is 13.5. The summed E-state index contributed by atoms with van der Waals surface area (Å²) in [6.07, 6.45) is 1.97. The molecule has 0 spiro atoms. The Kier molecular flexibility index (Phi) is 4.90. The summed E-state index contributed by atoms with van der Waals surface area (Å²) in [4.78, 5) is 30.5. The maximum atomic E-state index is 13.1. The number of fused-ring (bicyclic) bond motifs is 1. The topological polar surface area (TPSA) is 62.4 Å². The molecule has 1 aliphatic rings. The van der Waals surface area contributed by atoms with Gasteiger partial charge >= 0.3 is 0 Å². The van der Waals surface area contributed by atoms with Gasteiger partial charge in [0.2, 0.25) is 0 Å². The number of aromatic nitrogens is 1. The minimum Gasteiger partial charge on any atom is -0.494 e. The Balaban J connectivity index is 1.67. The number of H-pyrrole nitrogens is 1. The molecular weight excluding hydrogens is 352 g/mol. The number of aryl methyl sites for hydroxylation is 1. The molecule has 1 amide bonds. The van der Waals surface area contributed by atoms with E-state index in [-0.39, 0.29) is 17.5 Å². The summed E-state index contributed by atoms with van der Waals surface area (Å²) in [5.41, 5.74) is 2.92. The molecular formula is C23H24N2O3. The third-order valence-electron chi connectivity index (χ3n) is 5.06. The molecule has 5 nitrogen and oxygen atoms in total. The summed E-state index contributed by atoms with van der Waals surface area (Å²) < 4.78 is 5.56. The van der Waals surface area contributed by atoms with E-state index < -0.39 is 0 Å². The number of ether oxygens (including phenoxy) is 1. The average molecular weight is 376 g/mol. The van der Waals surface area contributed by atoms with Crippen molar-refractivity contribution < 1.29 is 9.53 Å². The van der Waals surface area contributed by atoms with Crippen molar-refractivity contribution >= 4 is 16.8 Å². The number of benzene rings is 2. The summed E-state index contributed by atoms with van der Waals surface area (Å²) in [6.45, 7) is 4.80. The predicted molar refractivity (Wildman–Crippen MR) is 110 cm³/mol. The van der Waals surface area contributed by atoms with Crippen LogP contribution in [0.5, 0.6) is 5.75 Å². The van der Waals surface area contributed by atoms with Gasteiger partial charge in [-0.3, -0.25) is 9.59 Å². The van der Waals surface area contributed by atoms with E-state index >= 15 is 0 Å². The van der Waals surface area contributed by atoms with Crippen LogP contribution in [-0.2, 0) is 6.54 Å². The second-order valence-corrected chi connectivity index (χ2v) is 7.34. The molecule has 0 bridgehead atoms. The molecule has 0 aliphatic heterocycles. The lowest BCUT2D eigenvalue weighted by atomic mass is 10.1. The minimum atomic E-state index is -0.153. The van der Waals surface area contributed by atoms with Crippen LogP contribution in [0, 0.1) is 6.92 Å². The lowest BCUT2D eigenvalue weighted by molar-refractivity contribution is 0.0729. The van der Waals surface area contributed by atoms with Gasteiger partial charge in [0.15, 0.2) is 0 Å². The number of hydrogen-bond donors (Lipinski definition) is 1. The van der Waals surface area contributed by atoms with Crippen molar-refractivity contribution in [2.75, 3.05) is 6.61 Å². The van der Waals surface area contributed by atoms with E-state index in [0.717, 1.165) is 35.1 Å². The highest BCUT2D eigenvalue weighted by Crippen LogP contribution is 2.30. The molecule has 3 aromatic rings. The minimum absolute atomic E-state index is 0.0197. The van der Waals surface area contributed by atoms with Crippen molar-refractivity contribution in [3.63, 3.8) is 0 Å². The SMILES string of the molecule is CCOc1ccc2[nH]c(=O)c(CN(C(=O)c3cccc(C)c3)C3CC3)cc2c1. The number of pyridine rings is 1. The van der Waals surface area contributed by atoms with E-state index in [9.17, 15) is 9.59 Å². The van der Waals surface area contributed by atoms with Crippen LogP contribution in [0.2, 0.25) is 0 Å². The molecule has 144 valence electrons. The highest BCUT2D eigenvalue weighted by molar-refractivity contribution is 5.94. The standard InChI is InChI=1S/C23H24N2O3/c1-3-28-20-9-10-21-17(13-20)12-18(22(26)24-21)14-25(19-7-8-19)23(27)16-6-4-5-15(2)11-16/h4-6,9-13,19H,3,7-8,14H2,1-2H3,(H,24,26). The van der Waals surface area contributed by atoms with Crippen LogP contribution in [0.3, 0.4) is 0 Å². The highest BCUT2D eigenvalue weighted by atomic mass is 16.5. The Morgan fingerprint density at radius 1 is 1.18 bits per heavy atom. The summed E-state index contributed by atoms with van der Waals surface area (Å²) in [6, 6.07) is 15.3. The lowest BCUT2D eigenvalue weighted by Gasteiger charge is -2.22. The molecule has 1 N–H and O–H groups in total. The molecule has 1 aromatic heterocycles. The number of hydrogen-bond acceptors (Lipinski definition) is 3. The quantitative estimate of drug-likeness (QED) is 0.706. The van der Waals surface area contributed by atoms with E-state index in [1.807, 2.05) is 67.3 Å². The van der Waals surface area contributed by atoms with Crippen LogP contribution in [0.25, 0.3) is 10.9 Å². The molecule has 5 heteroatoms. The number of amides is 1. The zero-order valence-electron chi connectivity index (χ0n) is 16.2. The van der Waals surface area contributed by atoms with Crippen molar-refractivity contribution in [2.24, 2.45) is 0 Å². The van der Waals surface area contributed by atoms with Crippen LogP contribution in [0.15, 0.2) is 53.3 Å². The fourth-order valence-corrected chi connectivity index (χ4v) is 3.48. The molecule has 28 heavy (non-hydrogen) atoms. The van der Waals surface area contributed by atoms with E-state index in [4.69, 9.17) is 4.74 Å². The molecule has 1 saturated carbocycles. The Morgan fingerprint density at radius 2 is 2.00 bits per heavy atom. The fraction of sp³-hybridized carbons (Fsp3) is 0.304. The molecule has 0 unspecified atom stereocenters. The maximum Gasteiger partial charge on any atom is 0.254 e. The number of rotatable bonds is 6. The van der Waals surface area contributed by atoms with Crippen LogP contribution in [0.4, 0.5) is 0 Å². The second-order valence-electron chi connectivity index (χ2n) is 7.34. The van der Waals surface area contributed by atoms with Crippen LogP contribution in [0.1, 0.15) is 41.3 Å². The summed E-state index contributed by atoms with van der Waals surface area (Å²) >= 11 is 0. The molecule has 1 aliphatic carbocycles. The van der Waals surface area contributed by atoms with Gasteiger partial charge in [0, 0.05) is 28.1 Å². The van der Waals surface area contributed by atoms with Crippen molar-refractivity contribution in [1.82, 2.24) is 9.88 Å². The molecule has 0 saturated heterocycles. The molecule has 0 radical (unpaired) electrons. The van der Waals surface area contributed by atoms with Crippen LogP contribution in [-0.4, -0.2) is 28.4 Å². The number of nitrogens with one attached hydrogen (secondary N) is 1. The Bertz CT molecular complexity index is 1080. The van der Waals surface area contributed by atoms with Gasteiger partial charge in [-0.05, 0) is 63.1 Å². The largest absolute Gasteiger partial charge is 0.494 e. The van der Waals surface area contributed by atoms with Gasteiger partial charge in [-0.2, -0.15) is 0 Å². The Hall–Kier alpha value is -3.08. The van der Waals surface area contributed by atoms with Gasteiger partial charge < -0.3 is 14.6 Å². The summed E-state index contributed by atoms with van der Waals surface area (Å²) in [5, 5.41) is 0.902. The zero-order chi connectivity index (χ0) is 19.7. The molecule has 1 fully saturated rings. The van der Waals surface area contributed by atoms with Gasteiger partial charge in [0.1, 0.15) is 5.75 Å². The maximum absolute atomic E-state index is 13.1. The first-order valence-corrected chi connectivity index (χ1v) is 9.71. The van der Waals surface area contributed by atoms with Crippen LogP contribution < -0.4 is 10.3 Å². The number of carbonyl (C=O) groups excluding carboxylic acids is 1. The monoisotopic (exact) mass is 376 g/mol. The van der Waals surface area contributed by atoms with E-state index in [1.54, 1.807) is 0 Å². The molecule has 4 rings (SSSR count). The van der Waals surface area contributed by atoms with Gasteiger partial charge in [0.05, 0.1) is 13.2 Å². The average Bonchev–Trinajstić information content (AvgIpc) is 3.51. The third kappa shape index (κ3) is 3.79. The van der Waals surface area contributed by atoms with Gasteiger partial charge in [0.25, 0.3) is 11.5 Å². The molecule has 1 heterocycles. The number of aromatic amines is 1. The summed E-state index contributed by atoms with van der Waals surface area (Å²) in [7, 11) is 0. The van der Waals surface area contributed by atoms with Gasteiger partial charge in [-0.1, -0.05) is 17.7 Å². The Morgan fingerprint density at radius 3 is 2.71 bits per heavy atom. The third-order valence-corrected chi connectivity index (χ3v) is 5.06. The summed E-state index contributed by atoms with van der Waals surface area (Å²) in [5.74, 6) is 0.747. The first-order valence-electron chi connectivity index (χ1n) is 9.71. The molecule has 2 aromatic carbocycles. The Labute approximate surface area is 163 Å². The van der Waals surface area contributed by atoms with E-state index in [1.165, 1.54) is 0 Å². The number of carbonyl (C=O) groups is 1. The zero-order valence-corrected chi connectivity index (χ0v) is 16.2. The first kappa shape index (κ1) is 18.3. The highest BCUT2D eigenvalue weighted by Gasteiger charge is 2.33. The smallest absolute Gasteiger partial charge is 0.254 e. The van der Waals surface area contributed by atoms with Gasteiger partial charge in [-0.25, -0.2) is 0 Å².